The fourth-order valence-corrected chi connectivity index (χ4v) is 7.31. The molecule has 1 aliphatic heterocycles. The molecule has 7 nitrogen and oxygen atoms in total. The van der Waals surface area contributed by atoms with Crippen molar-refractivity contribution in [2.45, 2.75) is 54.3 Å². The summed E-state index contributed by atoms with van der Waals surface area (Å²) in [7, 11) is -3.28. The Bertz CT molecular complexity index is 1290. The van der Waals surface area contributed by atoms with Crippen LogP contribution >= 0.6 is 15.9 Å². The number of halogens is 1. The molecule has 0 bridgehead atoms. The third kappa shape index (κ3) is 4.39. The van der Waals surface area contributed by atoms with E-state index in [4.69, 9.17) is 9.68 Å². The standard InChI is InChI=1S/C24H25BrN4O3S/c25-23-21-12-18(13-26)32-22(21)14-27-24(23)28-16-6-8-17(9-7-16)29-11-10-20(15-29)33(30,31)19-4-2-1-3-5-19/h1-5,12,14,16-17,20H,6-11,15H2,(H,27,28). The lowest BCUT2D eigenvalue weighted by Crippen LogP contribution is -2.40. The highest BCUT2D eigenvalue weighted by atomic mass is 79.9. The summed E-state index contributed by atoms with van der Waals surface area (Å²) in [5, 5.41) is 13.1. The number of aromatic nitrogens is 1. The molecular weight excluding hydrogens is 504 g/mol. The van der Waals surface area contributed by atoms with Crippen LogP contribution in [0.5, 0.6) is 0 Å². The van der Waals surface area contributed by atoms with E-state index in [1.165, 1.54) is 0 Å². The van der Waals surface area contributed by atoms with Crippen LogP contribution in [0.4, 0.5) is 5.82 Å². The van der Waals surface area contributed by atoms with Crippen molar-refractivity contribution in [1.82, 2.24) is 9.88 Å². The number of nitrogens with zero attached hydrogens (tertiary/aromatic N) is 3. The van der Waals surface area contributed by atoms with Crippen LogP contribution in [0.25, 0.3) is 11.0 Å². The highest BCUT2D eigenvalue weighted by Crippen LogP contribution is 2.35. The largest absolute Gasteiger partial charge is 0.444 e. The third-order valence-corrected chi connectivity index (χ3v) is 9.86. The lowest BCUT2D eigenvalue weighted by molar-refractivity contribution is 0.186. The molecule has 3 heterocycles. The van der Waals surface area contributed by atoms with E-state index < -0.39 is 9.84 Å². The van der Waals surface area contributed by atoms with Gasteiger partial charge in [-0.3, -0.25) is 4.90 Å². The zero-order valence-electron chi connectivity index (χ0n) is 18.1. The van der Waals surface area contributed by atoms with Crippen LogP contribution in [0, 0.1) is 11.3 Å². The number of nitrogens with one attached hydrogen (secondary N) is 1. The van der Waals surface area contributed by atoms with Gasteiger partial charge in [-0.1, -0.05) is 18.2 Å². The highest BCUT2D eigenvalue weighted by molar-refractivity contribution is 9.10. The van der Waals surface area contributed by atoms with Crippen molar-refractivity contribution in [3.8, 4) is 6.07 Å². The summed E-state index contributed by atoms with van der Waals surface area (Å²) in [4.78, 5) is 7.27. The summed E-state index contributed by atoms with van der Waals surface area (Å²) in [6.45, 7) is 1.45. The van der Waals surface area contributed by atoms with Gasteiger partial charge in [-0.25, -0.2) is 13.4 Å². The number of fused-ring (bicyclic) bond motifs is 1. The minimum absolute atomic E-state index is 0.267. The Labute approximate surface area is 201 Å². The lowest BCUT2D eigenvalue weighted by atomic mass is 9.90. The van der Waals surface area contributed by atoms with E-state index in [2.05, 4.69) is 31.1 Å². The van der Waals surface area contributed by atoms with Crippen molar-refractivity contribution in [3.05, 3.63) is 52.8 Å². The van der Waals surface area contributed by atoms with Crippen LogP contribution in [-0.4, -0.2) is 48.7 Å². The van der Waals surface area contributed by atoms with E-state index in [0.717, 1.165) is 47.9 Å². The maximum absolute atomic E-state index is 13.0. The summed E-state index contributed by atoms with van der Waals surface area (Å²) >= 11 is 3.60. The fraction of sp³-hybridized carbons (Fsp3) is 0.417. The number of hydrogen-bond donors (Lipinski definition) is 1. The first kappa shape index (κ1) is 22.4. The fourth-order valence-electron chi connectivity index (χ4n) is 5.06. The van der Waals surface area contributed by atoms with E-state index in [0.29, 0.717) is 35.5 Å². The number of sulfone groups is 1. The van der Waals surface area contributed by atoms with Gasteiger partial charge < -0.3 is 9.73 Å². The van der Waals surface area contributed by atoms with E-state index in [-0.39, 0.29) is 11.0 Å². The van der Waals surface area contributed by atoms with Crippen LogP contribution in [0.3, 0.4) is 0 Å². The molecule has 0 spiro atoms. The minimum atomic E-state index is -3.28. The second-order valence-corrected chi connectivity index (χ2v) is 11.9. The van der Waals surface area contributed by atoms with E-state index in [1.807, 2.05) is 12.1 Å². The average molecular weight is 529 g/mol. The van der Waals surface area contributed by atoms with Crippen molar-refractivity contribution in [1.29, 1.82) is 5.26 Å². The number of rotatable bonds is 5. The van der Waals surface area contributed by atoms with Crippen molar-refractivity contribution >= 4 is 42.6 Å². The topological polar surface area (TPSA) is 99.2 Å². The van der Waals surface area contributed by atoms with Crippen LogP contribution in [0.1, 0.15) is 37.9 Å². The Morgan fingerprint density at radius 1 is 1.15 bits per heavy atom. The molecule has 172 valence electrons. The molecule has 33 heavy (non-hydrogen) atoms. The number of likely N-dealkylation sites (tertiary alicyclic amines) is 1. The molecule has 2 aliphatic rings. The maximum Gasteiger partial charge on any atom is 0.204 e. The third-order valence-electron chi connectivity index (χ3n) is 6.87. The van der Waals surface area contributed by atoms with Gasteiger partial charge in [0.2, 0.25) is 5.76 Å². The molecule has 1 aliphatic carbocycles. The predicted octanol–water partition coefficient (Wildman–Crippen LogP) is 4.73. The number of anilines is 1. The van der Waals surface area contributed by atoms with Gasteiger partial charge in [-0.15, -0.1) is 0 Å². The molecule has 1 N–H and O–H groups in total. The summed E-state index contributed by atoms with van der Waals surface area (Å²) < 4.78 is 32.2. The molecule has 0 amide bonds. The van der Waals surface area contributed by atoms with Gasteiger partial charge in [0.15, 0.2) is 15.4 Å². The van der Waals surface area contributed by atoms with Crippen molar-refractivity contribution in [3.63, 3.8) is 0 Å². The Morgan fingerprint density at radius 3 is 2.64 bits per heavy atom. The van der Waals surface area contributed by atoms with E-state index >= 15 is 0 Å². The first-order valence-corrected chi connectivity index (χ1v) is 13.6. The van der Waals surface area contributed by atoms with E-state index in [1.54, 1.807) is 36.5 Å². The van der Waals surface area contributed by atoms with Crippen molar-refractivity contribution in [2.24, 2.45) is 0 Å². The second kappa shape index (κ2) is 9.09. The zero-order chi connectivity index (χ0) is 23.0. The van der Waals surface area contributed by atoms with Gasteiger partial charge in [-0.05, 0) is 66.7 Å². The van der Waals surface area contributed by atoms with Gasteiger partial charge in [0, 0.05) is 30.1 Å². The molecule has 2 fully saturated rings. The quantitative estimate of drug-likeness (QED) is 0.510. The molecule has 1 aromatic carbocycles. The lowest BCUT2D eigenvalue weighted by Gasteiger charge is -2.35. The smallest absolute Gasteiger partial charge is 0.204 e. The zero-order valence-corrected chi connectivity index (χ0v) is 20.5. The molecule has 1 saturated heterocycles. The Hall–Kier alpha value is -2.41. The van der Waals surface area contributed by atoms with Crippen LogP contribution in [-0.2, 0) is 9.84 Å². The first-order chi connectivity index (χ1) is 16.0. The summed E-state index contributed by atoms with van der Waals surface area (Å²) in [5.41, 5.74) is 0.585. The second-order valence-electron chi connectivity index (χ2n) is 8.83. The molecule has 2 aromatic heterocycles. The normalized spacial score (nSPS) is 24.1. The van der Waals surface area contributed by atoms with Crippen LogP contribution in [0.2, 0.25) is 0 Å². The van der Waals surface area contributed by atoms with Gasteiger partial charge in [0.1, 0.15) is 11.9 Å². The molecular formula is C24H25BrN4O3S. The number of benzene rings is 1. The molecule has 1 saturated carbocycles. The summed E-state index contributed by atoms with van der Waals surface area (Å²) in [5.74, 6) is 1.02. The number of pyridine rings is 1. The molecule has 9 heteroatoms. The summed E-state index contributed by atoms with van der Waals surface area (Å²) in [6, 6.07) is 13.3. The molecule has 1 unspecified atom stereocenters. The Morgan fingerprint density at radius 2 is 1.91 bits per heavy atom. The average Bonchev–Trinajstić information content (AvgIpc) is 3.50. The monoisotopic (exact) mass is 528 g/mol. The molecule has 0 radical (unpaired) electrons. The van der Waals surface area contributed by atoms with Crippen LogP contribution < -0.4 is 5.32 Å². The number of nitriles is 1. The van der Waals surface area contributed by atoms with Crippen molar-refractivity contribution < 1.29 is 12.8 Å². The number of furan rings is 1. The molecule has 5 rings (SSSR count). The van der Waals surface area contributed by atoms with Crippen LogP contribution in [0.15, 0.2) is 56.4 Å². The van der Waals surface area contributed by atoms with E-state index in [9.17, 15) is 8.42 Å². The molecule has 3 aromatic rings. The van der Waals surface area contributed by atoms with Gasteiger partial charge in [0.25, 0.3) is 0 Å². The summed E-state index contributed by atoms with van der Waals surface area (Å²) in [6.07, 6.45) is 6.39. The Balaban J connectivity index is 1.19. The minimum Gasteiger partial charge on any atom is -0.444 e. The predicted molar refractivity (Wildman–Crippen MR) is 130 cm³/mol. The first-order valence-electron chi connectivity index (χ1n) is 11.2. The van der Waals surface area contributed by atoms with Gasteiger partial charge in [-0.2, -0.15) is 5.26 Å². The van der Waals surface area contributed by atoms with Crippen molar-refractivity contribution in [2.75, 3.05) is 18.4 Å². The maximum atomic E-state index is 13.0. The SMILES string of the molecule is N#Cc1cc2c(Br)c(NC3CCC(N4CCC(S(=O)(=O)c5ccccc5)C4)CC3)ncc2o1. The van der Waals surface area contributed by atoms with Gasteiger partial charge in [0.05, 0.1) is 20.8 Å². The highest BCUT2D eigenvalue weighted by Gasteiger charge is 2.37. The number of hydrogen-bond acceptors (Lipinski definition) is 7. The Kier molecular flexibility index (Phi) is 6.16. The molecule has 1 atom stereocenters. The van der Waals surface area contributed by atoms with Gasteiger partial charge >= 0.3 is 0 Å².